The molecule has 0 saturated carbocycles. The van der Waals surface area contributed by atoms with Crippen molar-refractivity contribution in [3.63, 3.8) is 0 Å². The number of halogens is 2. The second-order valence-corrected chi connectivity index (χ2v) is 3.20. The van der Waals surface area contributed by atoms with Crippen LogP contribution in [0.4, 0.5) is 8.78 Å². The average Bonchev–Trinajstić information content (AvgIpc) is 2.06. The number of hydrogen-bond acceptors (Lipinski definition) is 2. The molecular weight excluding hydrogens is 164 g/mol. The Bertz CT molecular complexity index is 126. The van der Waals surface area contributed by atoms with Gasteiger partial charge in [-0.1, -0.05) is 0 Å². The van der Waals surface area contributed by atoms with E-state index in [0.717, 1.165) is 19.4 Å². The molecule has 1 heterocycles. The third kappa shape index (κ3) is 3.03. The van der Waals surface area contributed by atoms with Gasteiger partial charge < -0.3 is 10.1 Å². The van der Waals surface area contributed by atoms with Crippen LogP contribution in [0.5, 0.6) is 0 Å². The summed E-state index contributed by atoms with van der Waals surface area (Å²) >= 11 is 0. The standard InChI is InChI=1S/C8H15F2NO/c1-6(8(9)10)11-7-3-2-4-12-5-7/h6-8,11H,2-5H2,1H3. The van der Waals surface area contributed by atoms with E-state index in [1.54, 1.807) is 0 Å². The summed E-state index contributed by atoms with van der Waals surface area (Å²) < 4.78 is 29.3. The van der Waals surface area contributed by atoms with Crippen LogP contribution < -0.4 is 5.32 Å². The maximum Gasteiger partial charge on any atom is 0.253 e. The second kappa shape index (κ2) is 4.72. The van der Waals surface area contributed by atoms with Gasteiger partial charge in [0.25, 0.3) is 6.43 Å². The zero-order valence-corrected chi connectivity index (χ0v) is 7.22. The molecule has 0 aromatic rings. The summed E-state index contributed by atoms with van der Waals surface area (Å²) in [5.74, 6) is 0. The molecule has 1 aliphatic rings. The lowest BCUT2D eigenvalue weighted by Gasteiger charge is -2.26. The molecule has 1 saturated heterocycles. The molecule has 12 heavy (non-hydrogen) atoms. The van der Waals surface area contributed by atoms with Gasteiger partial charge in [-0.15, -0.1) is 0 Å². The molecule has 0 bridgehead atoms. The highest BCUT2D eigenvalue weighted by molar-refractivity contribution is 4.74. The van der Waals surface area contributed by atoms with E-state index >= 15 is 0 Å². The minimum atomic E-state index is -2.29. The molecule has 0 radical (unpaired) electrons. The van der Waals surface area contributed by atoms with Gasteiger partial charge in [0.1, 0.15) is 0 Å². The molecule has 0 aliphatic carbocycles. The SMILES string of the molecule is CC(NC1CCCOC1)C(F)F. The minimum Gasteiger partial charge on any atom is -0.380 e. The van der Waals surface area contributed by atoms with E-state index in [0.29, 0.717) is 6.61 Å². The summed E-state index contributed by atoms with van der Waals surface area (Å²) in [6.07, 6.45) is -0.378. The lowest BCUT2D eigenvalue weighted by molar-refractivity contribution is 0.0458. The fraction of sp³-hybridized carbons (Fsp3) is 1.00. The maximum absolute atomic E-state index is 12.1. The van der Waals surface area contributed by atoms with Gasteiger partial charge in [0.15, 0.2) is 0 Å². The molecule has 2 nitrogen and oxygen atoms in total. The first-order chi connectivity index (χ1) is 5.70. The van der Waals surface area contributed by atoms with Gasteiger partial charge >= 0.3 is 0 Å². The van der Waals surface area contributed by atoms with Crippen molar-refractivity contribution in [2.24, 2.45) is 0 Å². The topological polar surface area (TPSA) is 21.3 Å². The van der Waals surface area contributed by atoms with E-state index in [1.165, 1.54) is 6.92 Å². The Labute approximate surface area is 71.3 Å². The Kier molecular flexibility index (Phi) is 3.88. The summed E-state index contributed by atoms with van der Waals surface area (Å²) in [6, 6.07) is -0.612. The van der Waals surface area contributed by atoms with E-state index < -0.39 is 12.5 Å². The normalized spacial score (nSPS) is 27.5. The number of alkyl halides is 2. The van der Waals surface area contributed by atoms with Crippen LogP contribution in [-0.2, 0) is 4.74 Å². The first-order valence-electron chi connectivity index (χ1n) is 4.32. The number of nitrogens with one attached hydrogen (secondary N) is 1. The summed E-state index contributed by atoms with van der Waals surface area (Å²) in [5.41, 5.74) is 0. The van der Waals surface area contributed by atoms with Crippen molar-refractivity contribution < 1.29 is 13.5 Å². The molecule has 2 unspecified atom stereocenters. The average molecular weight is 179 g/mol. The van der Waals surface area contributed by atoms with Crippen molar-refractivity contribution in [2.45, 2.75) is 38.3 Å². The van der Waals surface area contributed by atoms with Gasteiger partial charge in [-0.3, -0.25) is 0 Å². The van der Waals surface area contributed by atoms with Crippen molar-refractivity contribution in [2.75, 3.05) is 13.2 Å². The van der Waals surface area contributed by atoms with E-state index in [9.17, 15) is 8.78 Å². The van der Waals surface area contributed by atoms with Crippen LogP contribution in [0.2, 0.25) is 0 Å². The monoisotopic (exact) mass is 179 g/mol. The Morgan fingerprint density at radius 3 is 2.75 bits per heavy atom. The minimum absolute atomic E-state index is 0.114. The Balaban J connectivity index is 2.20. The van der Waals surface area contributed by atoms with Crippen molar-refractivity contribution >= 4 is 0 Å². The fourth-order valence-electron chi connectivity index (χ4n) is 1.32. The number of rotatable bonds is 3. The summed E-state index contributed by atoms with van der Waals surface area (Å²) in [7, 11) is 0. The van der Waals surface area contributed by atoms with Crippen molar-refractivity contribution in [3.05, 3.63) is 0 Å². The first-order valence-corrected chi connectivity index (χ1v) is 4.32. The zero-order valence-electron chi connectivity index (χ0n) is 7.22. The van der Waals surface area contributed by atoms with Gasteiger partial charge in [-0.05, 0) is 19.8 Å². The first kappa shape index (κ1) is 9.86. The summed E-state index contributed by atoms with van der Waals surface area (Å²) in [4.78, 5) is 0. The van der Waals surface area contributed by atoms with Crippen LogP contribution in [0.15, 0.2) is 0 Å². The predicted octanol–water partition coefficient (Wildman–Crippen LogP) is 1.41. The largest absolute Gasteiger partial charge is 0.380 e. The molecule has 1 fully saturated rings. The van der Waals surface area contributed by atoms with Crippen molar-refractivity contribution in [1.29, 1.82) is 0 Å². The molecule has 0 amide bonds. The lowest BCUT2D eigenvalue weighted by Crippen LogP contribution is -2.44. The third-order valence-electron chi connectivity index (χ3n) is 2.04. The predicted molar refractivity (Wildman–Crippen MR) is 42.4 cm³/mol. The van der Waals surface area contributed by atoms with Crippen LogP contribution in [-0.4, -0.2) is 31.7 Å². The van der Waals surface area contributed by atoms with E-state index in [2.05, 4.69) is 5.32 Å². The highest BCUT2D eigenvalue weighted by Crippen LogP contribution is 2.08. The van der Waals surface area contributed by atoms with Crippen molar-refractivity contribution in [1.82, 2.24) is 5.32 Å². The van der Waals surface area contributed by atoms with Crippen LogP contribution in [0, 0.1) is 0 Å². The quantitative estimate of drug-likeness (QED) is 0.707. The van der Waals surface area contributed by atoms with Crippen LogP contribution >= 0.6 is 0 Å². The third-order valence-corrected chi connectivity index (χ3v) is 2.04. The van der Waals surface area contributed by atoms with E-state index in [4.69, 9.17) is 4.74 Å². The van der Waals surface area contributed by atoms with Gasteiger partial charge in [0.2, 0.25) is 0 Å². The molecule has 72 valence electrons. The van der Waals surface area contributed by atoms with Gasteiger partial charge in [0, 0.05) is 12.6 Å². The summed E-state index contributed by atoms with van der Waals surface area (Å²) in [5, 5.41) is 2.84. The maximum atomic E-state index is 12.1. The van der Waals surface area contributed by atoms with Gasteiger partial charge in [-0.25, -0.2) is 8.78 Å². The summed E-state index contributed by atoms with van der Waals surface area (Å²) in [6.45, 7) is 2.83. The van der Waals surface area contributed by atoms with Crippen molar-refractivity contribution in [3.8, 4) is 0 Å². The van der Waals surface area contributed by atoms with Crippen LogP contribution in [0.25, 0.3) is 0 Å². The highest BCUT2D eigenvalue weighted by atomic mass is 19.3. The molecule has 2 atom stereocenters. The molecule has 1 aliphatic heterocycles. The molecule has 0 aromatic carbocycles. The Morgan fingerprint density at radius 1 is 1.50 bits per heavy atom. The van der Waals surface area contributed by atoms with Gasteiger partial charge in [-0.2, -0.15) is 0 Å². The van der Waals surface area contributed by atoms with Crippen LogP contribution in [0.1, 0.15) is 19.8 Å². The van der Waals surface area contributed by atoms with E-state index in [-0.39, 0.29) is 6.04 Å². The molecule has 1 rings (SSSR count). The molecule has 1 N–H and O–H groups in total. The lowest BCUT2D eigenvalue weighted by atomic mass is 10.1. The zero-order chi connectivity index (χ0) is 8.97. The fourth-order valence-corrected chi connectivity index (χ4v) is 1.32. The molecule has 4 heteroatoms. The highest BCUT2D eigenvalue weighted by Gasteiger charge is 2.20. The second-order valence-electron chi connectivity index (χ2n) is 3.20. The number of ether oxygens (including phenoxy) is 1. The number of hydrogen-bond donors (Lipinski definition) is 1. The van der Waals surface area contributed by atoms with E-state index in [1.807, 2.05) is 0 Å². The molecular formula is C8H15F2NO. The van der Waals surface area contributed by atoms with Gasteiger partial charge in [0.05, 0.1) is 12.6 Å². The smallest absolute Gasteiger partial charge is 0.253 e. The Hall–Kier alpha value is -0.220. The Morgan fingerprint density at radius 2 is 2.25 bits per heavy atom. The molecule has 0 aromatic heterocycles. The molecule has 0 spiro atoms. The van der Waals surface area contributed by atoms with Crippen LogP contribution in [0.3, 0.4) is 0 Å².